The van der Waals surface area contributed by atoms with E-state index in [0.29, 0.717) is 36.7 Å². The van der Waals surface area contributed by atoms with E-state index in [0.717, 1.165) is 5.56 Å². The Bertz CT molecular complexity index is 402. The Morgan fingerprint density at radius 2 is 1.82 bits per heavy atom. The Morgan fingerprint density at radius 1 is 1.18 bits per heavy atom. The summed E-state index contributed by atoms with van der Waals surface area (Å²) in [5.41, 5.74) is 1.44. The molecular formula is C13H18O3S. The van der Waals surface area contributed by atoms with Crippen LogP contribution in [0.15, 0.2) is 12.1 Å². The molecule has 4 heteroatoms. The number of thiol groups is 1. The fourth-order valence-corrected chi connectivity index (χ4v) is 1.94. The molecule has 94 valence electrons. The monoisotopic (exact) mass is 254 g/mol. The zero-order chi connectivity index (χ0) is 12.8. The molecule has 0 spiro atoms. The van der Waals surface area contributed by atoms with Gasteiger partial charge in [-0.15, -0.1) is 12.6 Å². The van der Waals surface area contributed by atoms with E-state index in [1.807, 2.05) is 20.8 Å². The first kappa shape index (κ1) is 13.9. The summed E-state index contributed by atoms with van der Waals surface area (Å²) in [4.78, 5) is 11.4. The minimum absolute atomic E-state index is 0.245. The van der Waals surface area contributed by atoms with E-state index in [2.05, 4.69) is 12.6 Å². The highest BCUT2D eigenvalue weighted by molar-refractivity contribution is 7.97. The molecule has 0 radical (unpaired) electrons. The van der Waals surface area contributed by atoms with Crippen molar-refractivity contribution in [3.8, 4) is 11.5 Å². The van der Waals surface area contributed by atoms with Crippen LogP contribution in [-0.4, -0.2) is 18.3 Å². The second-order valence-electron chi connectivity index (χ2n) is 3.44. The molecule has 0 aliphatic heterocycles. The third-order valence-electron chi connectivity index (χ3n) is 2.40. The van der Waals surface area contributed by atoms with Crippen LogP contribution in [0.25, 0.3) is 0 Å². The number of carbonyl (C=O) groups is 1. The normalized spacial score (nSPS) is 10.1. The molecule has 0 aliphatic carbocycles. The second kappa shape index (κ2) is 6.55. The van der Waals surface area contributed by atoms with Crippen molar-refractivity contribution in [1.29, 1.82) is 0 Å². The Labute approximate surface area is 108 Å². The molecule has 1 aromatic rings. The molecule has 0 bridgehead atoms. The van der Waals surface area contributed by atoms with Crippen LogP contribution >= 0.6 is 12.6 Å². The van der Waals surface area contributed by atoms with Crippen molar-refractivity contribution in [1.82, 2.24) is 0 Å². The molecule has 0 N–H and O–H groups in total. The van der Waals surface area contributed by atoms with Crippen LogP contribution in [0.5, 0.6) is 11.5 Å². The Balaban J connectivity index is 3.32. The molecule has 0 amide bonds. The molecule has 0 unspecified atom stereocenters. The Kier molecular flexibility index (Phi) is 5.35. The predicted molar refractivity (Wildman–Crippen MR) is 71.5 cm³/mol. The summed E-state index contributed by atoms with van der Waals surface area (Å²) < 4.78 is 11.1. The van der Waals surface area contributed by atoms with E-state index >= 15 is 0 Å². The van der Waals surface area contributed by atoms with Gasteiger partial charge in [-0.1, -0.05) is 6.92 Å². The Hall–Kier alpha value is -1.16. The molecule has 0 atom stereocenters. The summed E-state index contributed by atoms with van der Waals surface area (Å²) in [6.45, 7) is 6.91. The maximum atomic E-state index is 11.4. The molecule has 0 heterocycles. The number of rotatable bonds is 6. The first-order valence-electron chi connectivity index (χ1n) is 5.80. The zero-order valence-corrected chi connectivity index (χ0v) is 11.3. The smallest absolute Gasteiger partial charge is 0.216 e. The van der Waals surface area contributed by atoms with E-state index in [4.69, 9.17) is 9.47 Å². The van der Waals surface area contributed by atoms with Crippen molar-refractivity contribution in [3.63, 3.8) is 0 Å². The highest BCUT2D eigenvalue weighted by atomic mass is 32.1. The first-order chi connectivity index (χ1) is 8.15. The average molecular weight is 254 g/mol. The van der Waals surface area contributed by atoms with Crippen molar-refractivity contribution in [2.24, 2.45) is 0 Å². The highest BCUT2D eigenvalue weighted by Gasteiger charge is 2.16. The SMILES string of the molecule is CCOc1ccc(C(=O)S)c(CC)c1OCC. The third kappa shape index (κ3) is 3.16. The number of benzene rings is 1. The number of hydrogen-bond donors (Lipinski definition) is 1. The maximum Gasteiger partial charge on any atom is 0.216 e. The lowest BCUT2D eigenvalue weighted by atomic mass is 10.0. The van der Waals surface area contributed by atoms with E-state index in [1.165, 1.54) is 0 Å². The summed E-state index contributed by atoms with van der Waals surface area (Å²) in [7, 11) is 0. The van der Waals surface area contributed by atoms with Gasteiger partial charge in [0.1, 0.15) is 0 Å². The summed E-state index contributed by atoms with van der Waals surface area (Å²) in [6, 6.07) is 3.50. The van der Waals surface area contributed by atoms with Crippen molar-refractivity contribution >= 4 is 17.7 Å². The van der Waals surface area contributed by atoms with Gasteiger partial charge in [-0.2, -0.15) is 0 Å². The van der Waals surface area contributed by atoms with Crippen LogP contribution in [0.4, 0.5) is 0 Å². The van der Waals surface area contributed by atoms with Crippen LogP contribution < -0.4 is 9.47 Å². The minimum atomic E-state index is -0.245. The standard InChI is InChI=1S/C13H18O3S/c1-4-9-10(13(14)17)7-8-11(15-5-2)12(9)16-6-3/h7-8H,4-6H2,1-3H3,(H,14,17). The van der Waals surface area contributed by atoms with Crippen LogP contribution in [0.3, 0.4) is 0 Å². The predicted octanol–water partition coefficient (Wildman–Crippen LogP) is 3.12. The van der Waals surface area contributed by atoms with Gasteiger partial charge in [-0.25, -0.2) is 0 Å². The lowest BCUT2D eigenvalue weighted by Gasteiger charge is -2.16. The van der Waals surface area contributed by atoms with Crippen molar-refractivity contribution in [2.45, 2.75) is 27.2 Å². The van der Waals surface area contributed by atoms with Gasteiger partial charge in [0.15, 0.2) is 11.5 Å². The molecule has 17 heavy (non-hydrogen) atoms. The third-order valence-corrected chi connectivity index (χ3v) is 2.64. The average Bonchev–Trinajstić information content (AvgIpc) is 2.31. The summed E-state index contributed by atoms with van der Waals surface area (Å²) >= 11 is 3.88. The van der Waals surface area contributed by atoms with E-state index in [9.17, 15) is 4.79 Å². The van der Waals surface area contributed by atoms with Crippen LogP contribution in [-0.2, 0) is 6.42 Å². The van der Waals surface area contributed by atoms with Gasteiger partial charge in [0.25, 0.3) is 0 Å². The van der Waals surface area contributed by atoms with Crippen molar-refractivity contribution < 1.29 is 14.3 Å². The van der Waals surface area contributed by atoms with Crippen LogP contribution in [0, 0.1) is 0 Å². The molecule has 0 aliphatic rings. The molecule has 0 aromatic heterocycles. The van der Waals surface area contributed by atoms with Gasteiger partial charge >= 0.3 is 0 Å². The van der Waals surface area contributed by atoms with Gasteiger partial charge in [-0.05, 0) is 32.4 Å². The van der Waals surface area contributed by atoms with Crippen LogP contribution in [0.1, 0.15) is 36.7 Å². The minimum Gasteiger partial charge on any atom is -0.490 e. The van der Waals surface area contributed by atoms with E-state index < -0.39 is 0 Å². The fraction of sp³-hybridized carbons (Fsp3) is 0.462. The quantitative estimate of drug-likeness (QED) is 0.792. The number of carbonyl (C=O) groups excluding carboxylic acids is 1. The molecular weight excluding hydrogens is 236 g/mol. The topological polar surface area (TPSA) is 35.5 Å². The lowest BCUT2D eigenvalue weighted by Crippen LogP contribution is -2.05. The van der Waals surface area contributed by atoms with Crippen molar-refractivity contribution in [3.05, 3.63) is 23.3 Å². The van der Waals surface area contributed by atoms with Gasteiger partial charge in [0.05, 0.1) is 13.2 Å². The van der Waals surface area contributed by atoms with Gasteiger partial charge in [-0.3, -0.25) is 4.79 Å². The number of hydrogen-bond acceptors (Lipinski definition) is 3. The summed E-state index contributed by atoms with van der Waals surface area (Å²) in [5, 5.41) is -0.245. The van der Waals surface area contributed by atoms with Gasteiger partial charge < -0.3 is 9.47 Å². The molecule has 1 rings (SSSR count). The molecule has 0 saturated carbocycles. The first-order valence-corrected chi connectivity index (χ1v) is 6.25. The Morgan fingerprint density at radius 3 is 2.29 bits per heavy atom. The second-order valence-corrected chi connectivity index (χ2v) is 3.85. The molecule has 0 fully saturated rings. The lowest BCUT2D eigenvalue weighted by molar-refractivity contribution is 0.109. The molecule has 0 saturated heterocycles. The molecule has 1 aromatic carbocycles. The summed E-state index contributed by atoms with van der Waals surface area (Å²) in [6.07, 6.45) is 0.706. The highest BCUT2D eigenvalue weighted by Crippen LogP contribution is 2.35. The zero-order valence-electron chi connectivity index (χ0n) is 10.4. The van der Waals surface area contributed by atoms with Crippen molar-refractivity contribution in [2.75, 3.05) is 13.2 Å². The molecule has 3 nitrogen and oxygen atoms in total. The van der Waals surface area contributed by atoms with Gasteiger partial charge in [0.2, 0.25) is 5.12 Å². The fourth-order valence-electron chi connectivity index (χ4n) is 1.73. The largest absolute Gasteiger partial charge is 0.490 e. The van der Waals surface area contributed by atoms with E-state index in [-0.39, 0.29) is 5.12 Å². The van der Waals surface area contributed by atoms with Crippen LogP contribution in [0.2, 0.25) is 0 Å². The van der Waals surface area contributed by atoms with E-state index in [1.54, 1.807) is 12.1 Å². The summed E-state index contributed by atoms with van der Waals surface area (Å²) in [5.74, 6) is 1.35. The number of ether oxygens (including phenoxy) is 2. The maximum absolute atomic E-state index is 11.4. The van der Waals surface area contributed by atoms with Gasteiger partial charge in [0, 0.05) is 11.1 Å².